The Morgan fingerprint density at radius 2 is 1.52 bits per heavy atom. The summed E-state index contributed by atoms with van der Waals surface area (Å²) in [5, 5.41) is 13.0. The zero-order chi connectivity index (χ0) is 24.2. The highest BCUT2D eigenvalue weighted by Gasteiger charge is 2.39. The van der Waals surface area contributed by atoms with Crippen LogP contribution in [0.1, 0.15) is 37.3 Å². The van der Waals surface area contributed by atoms with Gasteiger partial charge in [0.2, 0.25) is 0 Å². The lowest BCUT2D eigenvalue weighted by Crippen LogP contribution is -2.49. The van der Waals surface area contributed by atoms with Crippen molar-refractivity contribution in [1.29, 1.82) is 0 Å². The summed E-state index contributed by atoms with van der Waals surface area (Å²) in [5.41, 5.74) is 2.89. The number of carboxylic acids is 1. The number of alkyl halides is 2. The van der Waals surface area contributed by atoms with Gasteiger partial charge >= 0.3 is 18.0 Å². The Morgan fingerprint density at radius 3 is 2.06 bits per heavy atom. The van der Waals surface area contributed by atoms with Gasteiger partial charge in [-0.3, -0.25) is 9.59 Å². The molecule has 0 atom stereocenters. The number of carboxylic acid groups (broad SMARTS) is 1. The van der Waals surface area contributed by atoms with Crippen molar-refractivity contribution in [3.63, 3.8) is 0 Å². The Labute approximate surface area is 190 Å². The van der Waals surface area contributed by atoms with Gasteiger partial charge in [-0.15, -0.1) is 0 Å². The van der Waals surface area contributed by atoms with E-state index in [9.17, 15) is 23.2 Å². The van der Waals surface area contributed by atoms with Gasteiger partial charge in [0.25, 0.3) is 5.91 Å². The van der Waals surface area contributed by atoms with E-state index in [0.29, 0.717) is 0 Å². The minimum absolute atomic E-state index is 0.0238. The number of hydrogen-bond donors (Lipinski definition) is 3. The fourth-order valence-corrected chi connectivity index (χ4v) is 3.64. The summed E-state index contributed by atoms with van der Waals surface area (Å²) in [6.45, 7) is 1.34. The highest BCUT2D eigenvalue weighted by molar-refractivity contribution is 5.84. The molecule has 0 saturated heterocycles. The van der Waals surface area contributed by atoms with Crippen LogP contribution < -0.4 is 10.6 Å². The van der Waals surface area contributed by atoms with Crippen LogP contribution in [0.25, 0.3) is 11.1 Å². The standard InChI is InChI=1S/C24H26F2N2O5/c1-23(2,21(30)31)11-12-27-20(29)24(25,26)14-28-22(32)33-13-19-17-9-5-3-7-15(17)16-8-4-6-10-18(16)19/h3-10,19H,11-14H2,1-2H3,(H,27,29)(H,28,32)(H,30,31). The van der Waals surface area contributed by atoms with Gasteiger partial charge in [0.1, 0.15) is 6.61 Å². The first-order valence-electron chi connectivity index (χ1n) is 10.5. The molecule has 1 aliphatic rings. The molecular weight excluding hydrogens is 434 g/mol. The Balaban J connectivity index is 1.50. The summed E-state index contributed by atoms with van der Waals surface area (Å²) in [4.78, 5) is 34.9. The van der Waals surface area contributed by atoms with Crippen LogP contribution >= 0.6 is 0 Å². The molecule has 0 bridgehead atoms. The number of carbonyl (C=O) groups excluding carboxylic acids is 2. The fourth-order valence-electron chi connectivity index (χ4n) is 3.64. The minimum Gasteiger partial charge on any atom is -0.481 e. The molecule has 0 radical (unpaired) electrons. The molecule has 0 aromatic heterocycles. The first-order chi connectivity index (χ1) is 15.5. The number of halogens is 2. The molecule has 1 aliphatic carbocycles. The maximum absolute atomic E-state index is 14.1. The summed E-state index contributed by atoms with van der Waals surface area (Å²) < 4.78 is 33.4. The van der Waals surface area contributed by atoms with Crippen molar-refractivity contribution in [2.24, 2.45) is 5.41 Å². The van der Waals surface area contributed by atoms with Crippen molar-refractivity contribution in [2.45, 2.75) is 32.1 Å². The summed E-state index contributed by atoms with van der Waals surface area (Å²) >= 11 is 0. The van der Waals surface area contributed by atoms with Crippen molar-refractivity contribution in [1.82, 2.24) is 10.6 Å². The topological polar surface area (TPSA) is 105 Å². The van der Waals surface area contributed by atoms with Crippen molar-refractivity contribution >= 4 is 18.0 Å². The number of amides is 2. The van der Waals surface area contributed by atoms with Crippen LogP contribution in [0.3, 0.4) is 0 Å². The zero-order valence-electron chi connectivity index (χ0n) is 18.4. The molecule has 176 valence electrons. The molecule has 0 aliphatic heterocycles. The average molecular weight is 460 g/mol. The lowest BCUT2D eigenvalue weighted by Gasteiger charge is -2.21. The third-order valence-electron chi connectivity index (χ3n) is 5.75. The molecule has 0 saturated carbocycles. The molecule has 7 nitrogen and oxygen atoms in total. The van der Waals surface area contributed by atoms with Crippen molar-refractivity contribution in [3.05, 3.63) is 59.7 Å². The van der Waals surface area contributed by atoms with Gasteiger partial charge in [-0.1, -0.05) is 48.5 Å². The number of nitrogens with one attached hydrogen (secondary N) is 2. The number of benzene rings is 2. The predicted molar refractivity (Wildman–Crippen MR) is 117 cm³/mol. The monoisotopic (exact) mass is 460 g/mol. The van der Waals surface area contributed by atoms with Crippen molar-refractivity contribution in [3.8, 4) is 11.1 Å². The Bertz CT molecular complexity index is 1010. The van der Waals surface area contributed by atoms with Crippen LogP contribution in [0.15, 0.2) is 48.5 Å². The number of carbonyl (C=O) groups is 3. The van der Waals surface area contributed by atoms with Crippen LogP contribution in [0.5, 0.6) is 0 Å². The molecule has 33 heavy (non-hydrogen) atoms. The molecule has 0 spiro atoms. The summed E-state index contributed by atoms with van der Waals surface area (Å²) in [5.74, 6) is -6.79. The van der Waals surface area contributed by atoms with Crippen molar-refractivity contribution < 1.29 is 33.0 Å². The van der Waals surface area contributed by atoms with E-state index in [1.165, 1.54) is 13.8 Å². The van der Waals surface area contributed by atoms with Crippen LogP contribution in [0, 0.1) is 5.41 Å². The van der Waals surface area contributed by atoms with Gasteiger partial charge < -0.3 is 20.5 Å². The number of alkyl carbamates (subject to hydrolysis) is 1. The zero-order valence-corrected chi connectivity index (χ0v) is 18.4. The summed E-state index contributed by atoms with van der Waals surface area (Å²) in [7, 11) is 0. The Hall–Kier alpha value is -3.49. The highest BCUT2D eigenvalue weighted by Crippen LogP contribution is 2.44. The van der Waals surface area contributed by atoms with E-state index in [4.69, 9.17) is 9.84 Å². The van der Waals surface area contributed by atoms with E-state index in [-0.39, 0.29) is 25.5 Å². The van der Waals surface area contributed by atoms with E-state index in [1.54, 1.807) is 0 Å². The van der Waals surface area contributed by atoms with Crippen LogP contribution in [0.2, 0.25) is 0 Å². The molecule has 3 rings (SSSR count). The van der Waals surface area contributed by atoms with Gasteiger partial charge in [-0.2, -0.15) is 8.78 Å². The van der Waals surface area contributed by atoms with E-state index >= 15 is 0 Å². The minimum atomic E-state index is -3.88. The molecule has 2 amide bonds. The highest BCUT2D eigenvalue weighted by atomic mass is 19.3. The largest absolute Gasteiger partial charge is 0.481 e. The molecule has 2 aromatic carbocycles. The second-order valence-electron chi connectivity index (χ2n) is 8.58. The van der Waals surface area contributed by atoms with Crippen LogP contribution in [-0.4, -0.2) is 48.7 Å². The third-order valence-corrected chi connectivity index (χ3v) is 5.75. The number of fused-ring (bicyclic) bond motifs is 3. The second-order valence-corrected chi connectivity index (χ2v) is 8.58. The third kappa shape index (κ3) is 5.47. The van der Waals surface area contributed by atoms with Gasteiger partial charge in [0.15, 0.2) is 0 Å². The number of aliphatic carboxylic acids is 1. The smallest absolute Gasteiger partial charge is 0.407 e. The van der Waals surface area contributed by atoms with Crippen LogP contribution in [-0.2, 0) is 14.3 Å². The Morgan fingerprint density at radius 1 is 0.970 bits per heavy atom. The first-order valence-corrected chi connectivity index (χ1v) is 10.5. The molecule has 2 aromatic rings. The van der Waals surface area contributed by atoms with E-state index in [0.717, 1.165) is 22.3 Å². The molecule has 9 heteroatoms. The number of hydrogen-bond acceptors (Lipinski definition) is 4. The van der Waals surface area contributed by atoms with Gasteiger partial charge in [0, 0.05) is 12.5 Å². The molecular formula is C24H26F2N2O5. The lowest BCUT2D eigenvalue weighted by molar-refractivity contribution is -0.148. The average Bonchev–Trinajstić information content (AvgIpc) is 3.10. The SMILES string of the molecule is CC(C)(CCNC(=O)C(F)(F)CNC(=O)OCC1c2ccccc2-c2ccccc21)C(=O)O. The van der Waals surface area contributed by atoms with Gasteiger partial charge in [-0.05, 0) is 42.5 Å². The maximum atomic E-state index is 14.1. The van der Waals surface area contributed by atoms with Crippen LogP contribution in [0.4, 0.5) is 13.6 Å². The summed E-state index contributed by atoms with van der Waals surface area (Å²) in [6.07, 6.45) is -1.08. The number of rotatable bonds is 9. The lowest BCUT2D eigenvalue weighted by atomic mass is 9.90. The normalized spacial score (nSPS) is 13.1. The van der Waals surface area contributed by atoms with E-state index in [2.05, 4.69) is 0 Å². The summed E-state index contributed by atoms with van der Waals surface area (Å²) in [6, 6.07) is 15.4. The second kappa shape index (κ2) is 9.56. The Kier molecular flexibility index (Phi) is 7.00. The molecule has 0 fully saturated rings. The molecule has 0 unspecified atom stereocenters. The fraction of sp³-hybridized carbons (Fsp3) is 0.375. The first kappa shape index (κ1) is 24.2. The number of ether oxygens (including phenoxy) is 1. The van der Waals surface area contributed by atoms with E-state index < -0.39 is 35.9 Å². The van der Waals surface area contributed by atoms with Crippen molar-refractivity contribution in [2.75, 3.05) is 19.7 Å². The maximum Gasteiger partial charge on any atom is 0.407 e. The predicted octanol–water partition coefficient (Wildman–Crippen LogP) is 3.78. The van der Waals surface area contributed by atoms with Gasteiger partial charge in [0.05, 0.1) is 12.0 Å². The quantitative estimate of drug-likeness (QED) is 0.528. The van der Waals surface area contributed by atoms with E-state index in [1.807, 2.05) is 59.2 Å². The molecule has 3 N–H and O–H groups in total. The molecule has 0 heterocycles. The van der Waals surface area contributed by atoms with Gasteiger partial charge in [-0.25, -0.2) is 4.79 Å².